The molecule has 0 unspecified atom stereocenters. The summed E-state index contributed by atoms with van der Waals surface area (Å²) in [4.78, 5) is 57.5. The molecule has 0 saturated carbocycles. The van der Waals surface area contributed by atoms with Crippen molar-refractivity contribution < 1.29 is 49.2 Å². The topological polar surface area (TPSA) is 232 Å². The number of carboxylic acid groups (broad SMARTS) is 3. The number of nitrogens with zero attached hydrogens (tertiary/aromatic N) is 9. The Balaban J connectivity index is 0.000000241. The maximum atomic E-state index is 11.5. The van der Waals surface area contributed by atoms with E-state index in [9.17, 15) is 19.5 Å². The quantitative estimate of drug-likeness (QED) is 0.0647. The van der Waals surface area contributed by atoms with E-state index in [1.165, 1.54) is 70.5 Å². The third-order valence-electron chi connectivity index (χ3n) is 8.32. The second-order valence-corrected chi connectivity index (χ2v) is 14.3. The molecule has 0 aliphatic heterocycles. The van der Waals surface area contributed by atoms with Crippen molar-refractivity contribution >= 4 is 41.9 Å². The number of aromatic carboxylic acids is 3. The van der Waals surface area contributed by atoms with E-state index < -0.39 is 17.9 Å². The van der Waals surface area contributed by atoms with Gasteiger partial charge >= 0.3 is 37.4 Å². The predicted molar refractivity (Wildman–Crippen MR) is 219 cm³/mol. The molecule has 0 aromatic carbocycles. The molecule has 0 aliphatic carbocycles. The van der Waals surface area contributed by atoms with Gasteiger partial charge < -0.3 is 42.6 Å². The van der Waals surface area contributed by atoms with Gasteiger partial charge in [-0.05, 0) is 105 Å². The molecule has 18 heteroatoms. The number of aryl methyl sites for hydroxylation is 1. The fourth-order valence-electron chi connectivity index (χ4n) is 5.74. The first-order valence-electron chi connectivity index (χ1n) is 17.6. The van der Waals surface area contributed by atoms with E-state index in [-0.39, 0.29) is 58.9 Å². The van der Waals surface area contributed by atoms with Gasteiger partial charge in [-0.3, -0.25) is 20.1 Å². The molecule has 7 aromatic rings. The summed E-state index contributed by atoms with van der Waals surface area (Å²) < 4.78 is 2.37. The molecular weight excluding hydrogens is 880 g/mol. The second kappa shape index (κ2) is 20.8. The molecule has 7 rings (SSSR count). The largest absolute Gasteiger partial charge is 2.00 e. The van der Waals surface area contributed by atoms with Crippen LogP contribution in [0.5, 0.6) is 0 Å². The van der Waals surface area contributed by atoms with Crippen LogP contribution in [0.25, 0.3) is 56.3 Å². The van der Waals surface area contributed by atoms with Crippen LogP contribution in [-0.2, 0) is 45.1 Å². The zero-order chi connectivity index (χ0) is 41.9. The number of carboxylic acids is 3. The number of rotatable bonds is 11. The first kappa shape index (κ1) is 45.2. The van der Waals surface area contributed by atoms with Crippen molar-refractivity contribution in [1.29, 1.82) is 5.26 Å². The zero-order valence-corrected chi connectivity index (χ0v) is 35.3. The van der Waals surface area contributed by atoms with Crippen molar-refractivity contribution in [2.75, 3.05) is 0 Å². The Labute approximate surface area is 361 Å². The number of nitriles is 1. The van der Waals surface area contributed by atoms with Crippen LogP contribution in [0, 0.1) is 23.5 Å². The molecule has 0 amide bonds. The summed E-state index contributed by atoms with van der Waals surface area (Å²) in [5.41, 5.74) is 4.80. The summed E-state index contributed by atoms with van der Waals surface area (Å²) in [5, 5.41) is 44.5. The van der Waals surface area contributed by atoms with Crippen LogP contribution in [0.1, 0.15) is 62.4 Å². The molecule has 0 spiro atoms. The van der Waals surface area contributed by atoms with Gasteiger partial charge in [-0.1, -0.05) is 19.2 Å². The smallest absolute Gasteiger partial charge is 0.696 e. The van der Waals surface area contributed by atoms with Crippen LogP contribution >= 0.6 is 11.3 Å². The van der Waals surface area contributed by atoms with Gasteiger partial charge in [0.15, 0.2) is 0 Å². The van der Waals surface area contributed by atoms with Gasteiger partial charge in [-0.25, -0.2) is 24.6 Å². The summed E-state index contributed by atoms with van der Waals surface area (Å²) >= 11 is 5.37. The third kappa shape index (κ3) is 11.5. The Morgan fingerprint density at radius 3 is 1.85 bits per heavy atom. The summed E-state index contributed by atoms with van der Waals surface area (Å²) in [6.07, 6.45) is 5.53. The fraction of sp³-hybridized carbons (Fsp3) is 0.171. The number of thiocyanates is 1. The molecule has 59 heavy (non-hydrogen) atoms. The standard InChI is InChI=1S/C22H24N5S.C18H11N3O6.CHNS.Ru/c1-5-27-17(12-14(2)3)8-10-19(27)16-7-9-18(23-13-16)21-24-22(26-25-21)20-11-6-15(4)28-20;22-16(23)9-1-3-19-12(5-9)14-7-11(18(26)27)8-15(21-14)13-6-10(17(24)25)2-4-20-13;2-1-3;/h6-11,13-14H,5,12H2,1-4H3;1-8H,(H,22,23)(H,24,25)(H,26,27);3H;/q-1;;;+2/p-1. The third-order valence-corrected chi connectivity index (χ3v) is 9.31. The minimum atomic E-state index is -1.23. The van der Waals surface area contributed by atoms with E-state index in [4.69, 9.17) is 15.5 Å². The zero-order valence-electron chi connectivity index (χ0n) is 31.9. The van der Waals surface area contributed by atoms with Gasteiger partial charge in [0.05, 0.1) is 51.0 Å². The van der Waals surface area contributed by atoms with Crippen LogP contribution < -0.4 is 5.10 Å². The molecule has 300 valence electrons. The summed E-state index contributed by atoms with van der Waals surface area (Å²) in [5.74, 6) is -1.69. The fourth-order valence-corrected chi connectivity index (χ4v) is 6.54. The van der Waals surface area contributed by atoms with E-state index in [2.05, 4.69) is 104 Å². The van der Waals surface area contributed by atoms with E-state index >= 15 is 0 Å². The summed E-state index contributed by atoms with van der Waals surface area (Å²) in [6.45, 7) is 9.72. The molecule has 7 heterocycles. The van der Waals surface area contributed by atoms with Crippen LogP contribution in [0.2, 0.25) is 0 Å². The number of pyridine rings is 4. The van der Waals surface area contributed by atoms with Gasteiger partial charge in [-0.15, -0.1) is 11.3 Å². The minimum Gasteiger partial charge on any atom is -0.696 e. The molecule has 0 bridgehead atoms. The number of thiophene rings is 1. The number of aromatic nitrogens is 8. The normalized spacial score (nSPS) is 10.3. The van der Waals surface area contributed by atoms with Crippen LogP contribution in [0.4, 0.5) is 0 Å². The molecule has 0 atom stereocenters. The van der Waals surface area contributed by atoms with E-state index in [0.717, 1.165) is 29.1 Å². The average molecular weight is 915 g/mol. The number of carbonyl (C=O) groups is 3. The Morgan fingerprint density at radius 2 is 1.37 bits per heavy atom. The predicted octanol–water partition coefficient (Wildman–Crippen LogP) is 7.53. The maximum absolute atomic E-state index is 11.5. The number of hydrogen-bond donors (Lipinski definition) is 3. The Kier molecular flexibility index (Phi) is 15.9. The monoisotopic (exact) mass is 915 g/mol. The van der Waals surface area contributed by atoms with Crippen molar-refractivity contribution in [2.24, 2.45) is 5.92 Å². The van der Waals surface area contributed by atoms with Gasteiger partial charge in [0.1, 0.15) is 0 Å². The minimum absolute atomic E-state index is 0. The van der Waals surface area contributed by atoms with Gasteiger partial charge in [0.2, 0.25) is 0 Å². The SMILES string of the molecule is CCn1c(CC(C)C)ccc1-c1ccc(-c2nc(-c3ccc(C)s3)n[n-]2)nc1.N#C[S-].O=C(O)c1ccnc(-c2cc(C(=O)O)cc(-c3cc(C(=O)O)ccn3)n2)c1.[Ru+2]. The van der Waals surface area contributed by atoms with Crippen molar-refractivity contribution in [3.05, 3.63) is 119 Å². The maximum Gasteiger partial charge on any atom is 2.00 e. The molecular formula is C41H35N9O6RuS2. The van der Waals surface area contributed by atoms with Crippen LogP contribution in [-0.4, -0.2) is 67.8 Å². The Bertz CT molecular complexity index is 2540. The first-order chi connectivity index (χ1) is 27.8. The molecule has 3 N–H and O–H groups in total. The summed E-state index contributed by atoms with van der Waals surface area (Å²) in [6, 6.07) is 20.2. The Hall–Kier alpha value is -6.54. The average Bonchev–Trinajstić information content (AvgIpc) is 3.98. The van der Waals surface area contributed by atoms with E-state index in [1.54, 1.807) is 11.3 Å². The van der Waals surface area contributed by atoms with Crippen LogP contribution in [0.3, 0.4) is 0 Å². The molecule has 15 nitrogen and oxygen atoms in total. The Morgan fingerprint density at radius 1 is 0.797 bits per heavy atom. The molecule has 0 aliphatic rings. The van der Waals surface area contributed by atoms with E-state index in [0.29, 0.717) is 17.6 Å². The number of hydrogen-bond acceptors (Lipinski definition) is 12. The van der Waals surface area contributed by atoms with Crippen molar-refractivity contribution in [3.8, 4) is 61.7 Å². The van der Waals surface area contributed by atoms with Crippen molar-refractivity contribution in [3.63, 3.8) is 0 Å². The molecule has 0 saturated heterocycles. The molecule has 0 radical (unpaired) electrons. The van der Waals surface area contributed by atoms with Crippen molar-refractivity contribution in [2.45, 2.75) is 40.7 Å². The summed E-state index contributed by atoms with van der Waals surface area (Å²) in [7, 11) is 0. The van der Waals surface area contributed by atoms with Crippen LogP contribution in [0.15, 0.2) is 91.4 Å². The first-order valence-corrected chi connectivity index (χ1v) is 18.8. The molecule has 7 aromatic heterocycles. The van der Waals surface area contributed by atoms with Crippen molar-refractivity contribution in [1.82, 2.24) is 39.7 Å². The van der Waals surface area contributed by atoms with Gasteiger partial charge in [0, 0.05) is 51.8 Å². The second-order valence-electron chi connectivity index (χ2n) is 12.8. The van der Waals surface area contributed by atoms with Gasteiger partial charge in [0.25, 0.3) is 0 Å². The molecule has 0 fully saturated rings. The van der Waals surface area contributed by atoms with E-state index in [1.807, 2.05) is 18.3 Å². The van der Waals surface area contributed by atoms with Gasteiger partial charge in [-0.2, -0.15) is 0 Å².